The molecule has 4 saturated heterocycles. The number of pyridine rings is 1. The highest BCUT2D eigenvalue weighted by Crippen LogP contribution is 2.36. The Morgan fingerprint density at radius 1 is 0.931 bits per heavy atom. The minimum absolute atomic E-state index is 0.232. The number of rotatable bonds is 3. The summed E-state index contributed by atoms with van der Waals surface area (Å²) in [7, 11) is 0. The second-order valence-electron chi connectivity index (χ2n) is 9.53. The van der Waals surface area contributed by atoms with E-state index in [0.29, 0.717) is 43.2 Å². The van der Waals surface area contributed by atoms with E-state index in [1.54, 1.807) is 0 Å². The van der Waals surface area contributed by atoms with E-state index < -0.39 is 0 Å². The number of ether oxygens (including phenoxy) is 3. The van der Waals surface area contributed by atoms with E-state index in [1.807, 2.05) is 0 Å². The minimum Gasteiger partial charge on any atom is -0.377 e. The Kier molecular flexibility index (Phi) is 4.76. The highest BCUT2D eigenvalue weighted by molar-refractivity contribution is 5.23. The molecule has 6 rings (SSSR count). The van der Waals surface area contributed by atoms with Crippen molar-refractivity contribution in [2.75, 3.05) is 52.7 Å². The Morgan fingerprint density at radius 2 is 1.79 bits per heavy atom. The van der Waals surface area contributed by atoms with E-state index in [1.165, 1.54) is 12.1 Å². The van der Waals surface area contributed by atoms with Crippen molar-refractivity contribution in [3.8, 4) is 0 Å². The standard InChI is InChI=1S/C22H31N3O4/c26-22-16(9-24-11-20-6-18(24)14-29-20)1-2-21-17-5-15(8-25(21)22)7-23(10-17)19-12-27-3-4-28-13-19/h1-2,15,17-20H,3-14H2/t15-,17+,18+,20+/m0/s1. The molecule has 7 nitrogen and oxygen atoms in total. The third-order valence-electron chi connectivity index (χ3n) is 7.61. The average Bonchev–Trinajstić information content (AvgIpc) is 3.24. The number of piperidine rings is 1. The molecule has 0 radical (unpaired) electrons. The van der Waals surface area contributed by atoms with Gasteiger partial charge in [-0.15, -0.1) is 0 Å². The third kappa shape index (κ3) is 3.37. The van der Waals surface area contributed by atoms with Crippen LogP contribution in [0.15, 0.2) is 16.9 Å². The van der Waals surface area contributed by atoms with Crippen LogP contribution in [0.4, 0.5) is 0 Å². The summed E-state index contributed by atoms with van der Waals surface area (Å²) >= 11 is 0. The second-order valence-corrected chi connectivity index (χ2v) is 9.53. The minimum atomic E-state index is 0.232. The molecule has 0 aromatic carbocycles. The number of hydrogen-bond donors (Lipinski definition) is 0. The molecule has 0 spiro atoms. The molecule has 29 heavy (non-hydrogen) atoms. The highest BCUT2D eigenvalue weighted by atomic mass is 16.5. The molecule has 4 bridgehead atoms. The van der Waals surface area contributed by atoms with Crippen LogP contribution < -0.4 is 5.56 Å². The second kappa shape index (κ2) is 7.46. The summed E-state index contributed by atoms with van der Waals surface area (Å²) in [6.07, 6.45) is 2.69. The topological polar surface area (TPSA) is 56.2 Å². The average molecular weight is 402 g/mol. The van der Waals surface area contributed by atoms with E-state index >= 15 is 0 Å². The largest absolute Gasteiger partial charge is 0.377 e. The van der Waals surface area contributed by atoms with Gasteiger partial charge in [-0.25, -0.2) is 0 Å². The van der Waals surface area contributed by atoms with Crippen molar-refractivity contribution in [1.82, 2.24) is 14.4 Å². The predicted molar refractivity (Wildman–Crippen MR) is 107 cm³/mol. The molecular weight excluding hydrogens is 370 g/mol. The molecule has 4 fully saturated rings. The quantitative estimate of drug-likeness (QED) is 0.742. The maximum Gasteiger partial charge on any atom is 0.255 e. The zero-order valence-electron chi connectivity index (χ0n) is 17.0. The Bertz CT molecular complexity index is 819. The zero-order valence-corrected chi connectivity index (χ0v) is 17.0. The Hall–Kier alpha value is -1.25. The van der Waals surface area contributed by atoms with Crippen molar-refractivity contribution >= 4 is 0 Å². The fourth-order valence-corrected chi connectivity index (χ4v) is 6.15. The van der Waals surface area contributed by atoms with Gasteiger partial charge in [-0.05, 0) is 24.8 Å². The molecule has 0 saturated carbocycles. The van der Waals surface area contributed by atoms with Gasteiger partial charge in [0.05, 0.1) is 45.2 Å². The summed E-state index contributed by atoms with van der Waals surface area (Å²) in [5, 5.41) is 0. The van der Waals surface area contributed by atoms with Crippen LogP contribution in [-0.4, -0.2) is 85.2 Å². The van der Waals surface area contributed by atoms with Gasteiger partial charge in [-0.1, -0.05) is 6.07 Å². The summed E-state index contributed by atoms with van der Waals surface area (Å²) in [6.45, 7) is 8.35. The fraction of sp³-hybridized carbons (Fsp3) is 0.773. The summed E-state index contributed by atoms with van der Waals surface area (Å²) in [4.78, 5) is 18.3. The lowest BCUT2D eigenvalue weighted by molar-refractivity contribution is 0.0226. The first-order chi connectivity index (χ1) is 14.2. The van der Waals surface area contributed by atoms with Crippen molar-refractivity contribution in [3.63, 3.8) is 0 Å². The molecule has 0 N–H and O–H groups in total. The van der Waals surface area contributed by atoms with Crippen LogP contribution in [0.25, 0.3) is 0 Å². The number of hydrogen-bond acceptors (Lipinski definition) is 6. The molecule has 7 heteroatoms. The molecule has 0 unspecified atom stereocenters. The van der Waals surface area contributed by atoms with Gasteiger partial charge in [0, 0.05) is 55.9 Å². The van der Waals surface area contributed by atoms with E-state index in [-0.39, 0.29) is 5.56 Å². The lowest BCUT2D eigenvalue weighted by Crippen LogP contribution is -2.53. The summed E-state index contributed by atoms with van der Waals surface area (Å²) in [6, 6.07) is 5.16. The summed E-state index contributed by atoms with van der Waals surface area (Å²) < 4.78 is 19.3. The maximum absolute atomic E-state index is 13.3. The van der Waals surface area contributed by atoms with Crippen LogP contribution in [0, 0.1) is 5.92 Å². The highest BCUT2D eigenvalue weighted by Gasteiger charge is 2.40. The molecule has 0 aliphatic carbocycles. The van der Waals surface area contributed by atoms with E-state index in [0.717, 1.165) is 64.5 Å². The third-order valence-corrected chi connectivity index (χ3v) is 7.61. The molecule has 6 heterocycles. The van der Waals surface area contributed by atoms with Gasteiger partial charge in [0.25, 0.3) is 5.56 Å². The summed E-state index contributed by atoms with van der Waals surface area (Å²) in [5.41, 5.74) is 2.40. The predicted octanol–water partition coefficient (Wildman–Crippen LogP) is 0.656. The van der Waals surface area contributed by atoms with Gasteiger partial charge in [-0.3, -0.25) is 14.6 Å². The first kappa shape index (κ1) is 18.5. The Labute approximate surface area is 171 Å². The van der Waals surface area contributed by atoms with Gasteiger partial charge < -0.3 is 18.8 Å². The Morgan fingerprint density at radius 3 is 2.55 bits per heavy atom. The van der Waals surface area contributed by atoms with Crippen LogP contribution in [0.3, 0.4) is 0 Å². The number of nitrogens with zero attached hydrogens (tertiary/aromatic N) is 3. The van der Waals surface area contributed by atoms with E-state index in [4.69, 9.17) is 14.2 Å². The smallest absolute Gasteiger partial charge is 0.255 e. The van der Waals surface area contributed by atoms with Crippen molar-refractivity contribution < 1.29 is 14.2 Å². The number of fused-ring (bicyclic) bond motifs is 6. The van der Waals surface area contributed by atoms with E-state index in [2.05, 4.69) is 26.5 Å². The van der Waals surface area contributed by atoms with Gasteiger partial charge in [0.2, 0.25) is 0 Å². The number of aromatic nitrogens is 1. The zero-order chi connectivity index (χ0) is 19.4. The molecule has 5 aliphatic heterocycles. The SMILES string of the molecule is O=c1c(CN2C[C@H]3C[C@@H]2CO3)ccc2n1C[C@H]1C[C@@H]2CN(C2COCCOC2)C1. The molecule has 1 aromatic rings. The number of morpholine rings is 1. The fourth-order valence-electron chi connectivity index (χ4n) is 6.15. The van der Waals surface area contributed by atoms with Crippen LogP contribution in [0.1, 0.15) is 30.0 Å². The molecule has 1 aromatic heterocycles. The van der Waals surface area contributed by atoms with Crippen LogP contribution in [0.5, 0.6) is 0 Å². The van der Waals surface area contributed by atoms with E-state index in [9.17, 15) is 4.79 Å². The van der Waals surface area contributed by atoms with Gasteiger partial charge in [0.15, 0.2) is 0 Å². The van der Waals surface area contributed by atoms with Crippen molar-refractivity contribution in [1.29, 1.82) is 0 Å². The molecule has 158 valence electrons. The first-order valence-corrected chi connectivity index (χ1v) is 11.2. The van der Waals surface area contributed by atoms with Crippen LogP contribution >= 0.6 is 0 Å². The lowest BCUT2D eigenvalue weighted by Gasteiger charge is -2.45. The molecule has 0 amide bonds. The normalized spacial score (nSPS) is 35.6. The van der Waals surface area contributed by atoms with Crippen molar-refractivity contribution in [2.24, 2.45) is 5.92 Å². The molecule has 4 atom stereocenters. The summed E-state index contributed by atoms with van der Waals surface area (Å²) in [5.74, 6) is 0.970. The van der Waals surface area contributed by atoms with Crippen LogP contribution in [0.2, 0.25) is 0 Å². The number of likely N-dealkylation sites (tertiary alicyclic amines) is 2. The molecule has 5 aliphatic rings. The maximum atomic E-state index is 13.3. The lowest BCUT2D eigenvalue weighted by atomic mass is 9.82. The Balaban J connectivity index is 1.21. The van der Waals surface area contributed by atoms with Gasteiger partial charge >= 0.3 is 0 Å². The van der Waals surface area contributed by atoms with Crippen LogP contribution in [-0.2, 0) is 27.3 Å². The monoisotopic (exact) mass is 401 g/mol. The first-order valence-electron chi connectivity index (χ1n) is 11.2. The van der Waals surface area contributed by atoms with Gasteiger partial charge in [0.1, 0.15) is 0 Å². The van der Waals surface area contributed by atoms with Crippen molar-refractivity contribution in [3.05, 3.63) is 33.7 Å². The van der Waals surface area contributed by atoms with Gasteiger partial charge in [-0.2, -0.15) is 0 Å². The van der Waals surface area contributed by atoms with Crippen molar-refractivity contribution in [2.45, 2.75) is 50.0 Å². The molecular formula is C22H31N3O4.